The number of rotatable bonds is 4. The fourth-order valence-corrected chi connectivity index (χ4v) is 5.06. The van der Waals surface area contributed by atoms with E-state index in [1.807, 2.05) is 58.3 Å². The lowest BCUT2D eigenvalue weighted by atomic mass is 9.94. The summed E-state index contributed by atoms with van der Waals surface area (Å²) in [5.41, 5.74) is 2.12. The molecule has 2 amide bonds. The van der Waals surface area contributed by atoms with Gasteiger partial charge in [0, 0.05) is 31.6 Å². The highest BCUT2D eigenvalue weighted by molar-refractivity contribution is 5.92. The number of carbonyl (C=O) groups excluding carboxylic acids is 2. The van der Waals surface area contributed by atoms with Crippen LogP contribution in [0, 0.1) is 5.92 Å². The zero-order valence-electron chi connectivity index (χ0n) is 18.8. The Balaban J connectivity index is 1.19. The Kier molecular flexibility index (Phi) is 6.33. The summed E-state index contributed by atoms with van der Waals surface area (Å²) in [4.78, 5) is 29.9. The molecule has 0 aromatic heterocycles. The number of likely N-dealkylation sites (tertiary alicyclic amines) is 2. The van der Waals surface area contributed by atoms with Crippen LogP contribution in [-0.4, -0.2) is 54.5 Å². The maximum Gasteiger partial charge on any atom is 0.246 e. The van der Waals surface area contributed by atoms with Crippen LogP contribution in [0.4, 0.5) is 0 Å². The molecule has 2 aromatic rings. The molecule has 6 heteroatoms. The van der Waals surface area contributed by atoms with Crippen molar-refractivity contribution in [2.75, 3.05) is 32.8 Å². The normalized spacial score (nSPS) is 20.9. The van der Waals surface area contributed by atoms with Crippen molar-refractivity contribution in [1.29, 1.82) is 0 Å². The van der Waals surface area contributed by atoms with Gasteiger partial charge in [0.05, 0.1) is 6.04 Å². The molecule has 0 spiro atoms. The molecule has 0 bridgehead atoms. The topological polar surface area (TPSA) is 59.1 Å². The van der Waals surface area contributed by atoms with E-state index in [0.717, 1.165) is 42.0 Å². The molecule has 33 heavy (non-hydrogen) atoms. The van der Waals surface area contributed by atoms with Gasteiger partial charge in [0.2, 0.25) is 11.8 Å². The molecule has 2 aromatic carbocycles. The summed E-state index contributed by atoms with van der Waals surface area (Å²) in [5.74, 6) is 1.76. The summed E-state index contributed by atoms with van der Waals surface area (Å²) < 4.78 is 11.4. The summed E-state index contributed by atoms with van der Waals surface area (Å²) in [7, 11) is 0. The standard InChI is InChI=1S/C27H30N2O4/c30-26(11-8-20-5-2-1-3-6-20)28-15-12-21(13-16-28)27(31)29-14-4-7-23(29)22-9-10-24-25(19-22)33-18-17-32-24/h1-3,5-6,8-11,19,21,23H,4,7,12-18H2/b11-8+/t23-/m0/s1. The Labute approximate surface area is 194 Å². The second-order valence-corrected chi connectivity index (χ2v) is 8.94. The van der Waals surface area contributed by atoms with E-state index >= 15 is 0 Å². The molecule has 3 aliphatic rings. The first-order chi connectivity index (χ1) is 16.2. The molecule has 1 atom stereocenters. The summed E-state index contributed by atoms with van der Waals surface area (Å²) in [6.07, 6.45) is 6.89. The third kappa shape index (κ3) is 4.75. The quantitative estimate of drug-likeness (QED) is 0.665. The molecule has 0 aliphatic carbocycles. The van der Waals surface area contributed by atoms with Gasteiger partial charge in [0.1, 0.15) is 13.2 Å². The monoisotopic (exact) mass is 446 g/mol. The van der Waals surface area contributed by atoms with Gasteiger partial charge in [-0.3, -0.25) is 9.59 Å². The first-order valence-electron chi connectivity index (χ1n) is 11.9. The molecule has 172 valence electrons. The van der Waals surface area contributed by atoms with Gasteiger partial charge in [0.25, 0.3) is 0 Å². The lowest BCUT2D eigenvalue weighted by Gasteiger charge is -2.35. The van der Waals surface area contributed by atoms with Crippen molar-refractivity contribution in [2.45, 2.75) is 31.7 Å². The largest absolute Gasteiger partial charge is 0.486 e. The average molecular weight is 447 g/mol. The Hall–Kier alpha value is -3.28. The van der Waals surface area contributed by atoms with Gasteiger partial charge in [-0.15, -0.1) is 0 Å². The fourth-order valence-electron chi connectivity index (χ4n) is 5.06. The Morgan fingerprint density at radius 3 is 2.42 bits per heavy atom. The van der Waals surface area contributed by atoms with Gasteiger partial charge >= 0.3 is 0 Å². The minimum Gasteiger partial charge on any atom is -0.486 e. The molecular weight excluding hydrogens is 416 g/mol. The van der Waals surface area contributed by atoms with E-state index in [0.29, 0.717) is 39.1 Å². The number of nitrogens with zero attached hydrogens (tertiary/aromatic N) is 2. The van der Waals surface area contributed by atoms with Crippen molar-refractivity contribution in [3.63, 3.8) is 0 Å². The zero-order chi connectivity index (χ0) is 22.6. The first-order valence-corrected chi connectivity index (χ1v) is 11.9. The van der Waals surface area contributed by atoms with Crippen molar-refractivity contribution in [3.8, 4) is 11.5 Å². The second kappa shape index (κ2) is 9.69. The van der Waals surface area contributed by atoms with E-state index in [2.05, 4.69) is 6.07 Å². The maximum absolute atomic E-state index is 13.4. The van der Waals surface area contributed by atoms with Crippen LogP contribution in [0.3, 0.4) is 0 Å². The number of piperidine rings is 1. The van der Waals surface area contributed by atoms with Crippen molar-refractivity contribution in [3.05, 3.63) is 65.7 Å². The van der Waals surface area contributed by atoms with E-state index in [1.54, 1.807) is 6.08 Å². The van der Waals surface area contributed by atoms with Crippen LogP contribution in [0.2, 0.25) is 0 Å². The predicted molar refractivity (Wildman–Crippen MR) is 126 cm³/mol. The van der Waals surface area contributed by atoms with Gasteiger partial charge in [-0.1, -0.05) is 36.4 Å². The van der Waals surface area contributed by atoms with Crippen LogP contribution in [0.25, 0.3) is 6.08 Å². The average Bonchev–Trinajstić information content (AvgIpc) is 3.37. The minimum atomic E-state index is -0.0232. The van der Waals surface area contributed by atoms with Gasteiger partial charge in [-0.05, 0) is 55.0 Å². The molecule has 0 unspecified atom stereocenters. The lowest BCUT2D eigenvalue weighted by Crippen LogP contribution is -2.43. The lowest BCUT2D eigenvalue weighted by molar-refractivity contribution is -0.140. The molecular formula is C27H30N2O4. The summed E-state index contributed by atoms with van der Waals surface area (Å²) >= 11 is 0. The van der Waals surface area contributed by atoms with E-state index in [-0.39, 0.29) is 23.8 Å². The van der Waals surface area contributed by atoms with Crippen molar-refractivity contribution in [2.24, 2.45) is 5.92 Å². The molecule has 0 saturated carbocycles. The molecule has 2 fully saturated rings. The number of fused-ring (bicyclic) bond motifs is 1. The molecule has 3 heterocycles. The molecule has 5 rings (SSSR count). The fraction of sp³-hybridized carbons (Fsp3) is 0.407. The number of ether oxygens (including phenoxy) is 2. The molecule has 0 radical (unpaired) electrons. The third-order valence-electron chi connectivity index (χ3n) is 6.86. The van der Waals surface area contributed by atoms with E-state index in [9.17, 15) is 9.59 Å². The van der Waals surface area contributed by atoms with Gasteiger partial charge in [0.15, 0.2) is 11.5 Å². The summed E-state index contributed by atoms with van der Waals surface area (Å²) in [6.45, 7) is 3.16. The van der Waals surface area contributed by atoms with Crippen molar-refractivity contribution < 1.29 is 19.1 Å². The summed E-state index contributed by atoms with van der Waals surface area (Å²) in [5, 5.41) is 0. The van der Waals surface area contributed by atoms with Gasteiger partial charge in [-0.25, -0.2) is 0 Å². The van der Waals surface area contributed by atoms with Crippen LogP contribution in [0.1, 0.15) is 42.9 Å². The SMILES string of the molecule is O=C(/C=C/c1ccccc1)N1CCC(C(=O)N2CCC[C@H]2c2ccc3c(c2)OCCO3)CC1. The number of hydrogen-bond acceptors (Lipinski definition) is 4. The second-order valence-electron chi connectivity index (χ2n) is 8.94. The van der Waals surface area contributed by atoms with Crippen LogP contribution >= 0.6 is 0 Å². The first kappa shape index (κ1) is 21.6. The smallest absolute Gasteiger partial charge is 0.246 e. The van der Waals surface area contributed by atoms with E-state index in [4.69, 9.17) is 9.47 Å². The molecule has 2 saturated heterocycles. The number of amides is 2. The molecule has 3 aliphatic heterocycles. The van der Waals surface area contributed by atoms with Crippen LogP contribution in [0.5, 0.6) is 11.5 Å². The van der Waals surface area contributed by atoms with Crippen LogP contribution < -0.4 is 9.47 Å². The van der Waals surface area contributed by atoms with Crippen molar-refractivity contribution >= 4 is 17.9 Å². The Morgan fingerprint density at radius 1 is 0.879 bits per heavy atom. The highest BCUT2D eigenvalue weighted by Gasteiger charge is 2.36. The highest BCUT2D eigenvalue weighted by atomic mass is 16.6. The van der Waals surface area contributed by atoms with Gasteiger partial charge < -0.3 is 19.3 Å². The summed E-state index contributed by atoms with van der Waals surface area (Å²) in [6, 6.07) is 16.0. The molecule has 6 nitrogen and oxygen atoms in total. The third-order valence-corrected chi connectivity index (χ3v) is 6.86. The van der Waals surface area contributed by atoms with E-state index in [1.165, 1.54) is 0 Å². The van der Waals surface area contributed by atoms with E-state index < -0.39 is 0 Å². The maximum atomic E-state index is 13.4. The highest BCUT2D eigenvalue weighted by Crippen LogP contribution is 2.39. The van der Waals surface area contributed by atoms with Crippen LogP contribution in [0.15, 0.2) is 54.6 Å². The Bertz CT molecular complexity index is 1030. The minimum absolute atomic E-state index is 0.0140. The van der Waals surface area contributed by atoms with Crippen LogP contribution in [-0.2, 0) is 9.59 Å². The Morgan fingerprint density at radius 2 is 1.64 bits per heavy atom. The number of benzene rings is 2. The van der Waals surface area contributed by atoms with Crippen molar-refractivity contribution in [1.82, 2.24) is 9.80 Å². The number of hydrogen-bond donors (Lipinski definition) is 0. The zero-order valence-corrected chi connectivity index (χ0v) is 18.8. The number of carbonyl (C=O) groups is 2. The van der Waals surface area contributed by atoms with Gasteiger partial charge in [-0.2, -0.15) is 0 Å². The predicted octanol–water partition coefficient (Wildman–Crippen LogP) is 4.07. The molecule has 0 N–H and O–H groups in total.